The van der Waals surface area contributed by atoms with Crippen LogP contribution in [-0.4, -0.2) is 38.2 Å². The molecular weight excluding hydrogens is 312 g/mol. The molecule has 0 atom stereocenters. The molecule has 0 spiro atoms. The van der Waals surface area contributed by atoms with E-state index < -0.39 is 5.97 Å². The molecule has 0 bridgehead atoms. The number of halogens is 1. The molecule has 0 aliphatic carbocycles. The highest BCUT2D eigenvalue weighted by Gasteiger charge is 2.12. The Morgan fingerprint density at radius 2 is 2.24 bits per heavy atom. The number of aromatic nitrogens is 1. The summed E-state index contributed by atoms with van der Waals surface area (Å²) in [6.45, 7) is 1.40. The minimum atomic E-state index is -1.29. The van der Waals surface area contributed by atoms with Crippen molar-refractivity contribution in [2.75, 3.05) is 27.2 Å². The zero-order valence-corrected chi connectivity index (χ0v) is 13.3. The van der Waals surface area contributed by atoms with E-state index in [9.17, 15) is 9.90 Å². The van der Waals surface area contributed by atoms with Crippen molar-refractivity contribution < 1.29 is 19.5 Å². The minimum Gasteiger partial charge on any atom is -0.543 e. The predicted molar refractivity (Wildman–Crippen MR) is 80.1 cm³/mol. The van der Waals surface area contributed by atoms with Gasteiger partial charge in [0.1, 0.15) is 23.9 Å². The van der Waals surface area contributed by atoms with Crippen LogP contribution in [0.4, 0.5) is 0 Å². The van der Waals surface area contributed by atoms with Gasteiger partial charge in [-0.15, -0.1) is 11.3 Å². The summed E-state index contributed by atoms with van der Waals surface area (Å²) in [7, 11) is 4.08. The Kier molecular flexibility index (Phi) is 5.17. The molecule has 0 unspecified atom stereocenters. The van der Waals surface area contributed by atoms with Crippen molar-refractivity contribution in [1.82, 2.24) is 4.98 Å². The average Bonchev–Trinajstić information content (AvgIpc) is 2.89. The number of carbonyl (C=O) groups excluding carboxylic acids is 1. The van der Waals surface area contributed by atoms with Crippen molar-refractivity contribution >= 4 is 28.9 Å². The lowest BCUT2D eigenvalue weighted by Crippen LogP contribution is -3.06. The fourth-order valence-corrected chi connectivity index (χ4v) is 2.63. The van der Waals surface area contributed by atoms with Crippen LogP contribution in [0.25, 0.3) is 10.6 Å². The van der Waals surface area contributed by atoms with Gasteiger partial charge in [-0.2, -0.15) is 0 Å². The van der Waals surface area contributed by atoms with Gasteiger partial charge in [-0.05, 0) is 18.2 Å². The van der Waals surface area contributed by atoms with Crippen LogP contribution in [-0.2, 0) is 0 Å². The van der Waals surface area contributed by atoms with Crippen LogP contribution in [0, 0.1) is 0 Å². The van der Waals surface area contributed by atoms with Gasteiger partial charge in [0.05, 0.1) is 31.3 Å². The molecule has 0 fully saturated rings. The van der Waals surface area contributed by atoms with Crippen LogP contribution < -0.4 is 14.7 Å². The SMILES string of the molecule is C[NH+](C)CCOc1ccc(Cl)cc1-c1nc(C(=O)[O-])cs1. The summed E-state index contributed by atoms with van der Waals surface area (Å²) in [4.78, 5) is 16.1. The molecule has 1 aromatic heterocycles. The summed E-state index contributed by atoms with van der Waals surface area (Å²) >= 11 is 7.23. The highest BCUT2D eigenvalue weighted by Crippen LogP contribution is 2.34. The van der Waals surface area contributed by atoms with Crippen LogP contribution in [0.15, 0.2) is 23.6 Å². The van der Waals surface area contributed by atoms with Crippen molar-refractivity contribution in [3.05, 3.63) is 34.3 Å². The number of carboxylic acids is 1. The van der Waals surface area contributed by atoms with Gasteiger partial charge < -0.3 is 19.5 Å². The third kappa shape index (κ3) is 4.17. The fraction of sp³-hybridized carbons (Fsp3) is 0.286. The number of hydrogen-bond acceptors (Lipinski definition) is 5. The number of ether oxygens (including phenoxy) is 1. The Morgan fingerprint density at radius 3 is 2.86 bits per heavy atom. The summed E-state index contributed by atoms with van der Waals surface area (Å²) in [6.07, 6.45) is 0. The summed E-state index contributed by atoms with van der Waals surface area (Å²) in [5.41, 5.74) is 0.604. The zero-order chi connectivity index (χ0) is 15.4. The Bertz CT molecular complexity index is 643. The van der Waals surface area contributed by atoms with Crippen LogP contribution >= 0.6 is 22.9 Å². The number of thiazole rings is 1. The maximum atomic E-state index is 10.8. The zero-order valence-electron chi connectivity index (χ0n) is 11.7. The first-order valence-corrected chi connectivity index (χ1v) is 7.61. The number of quaternary nitrogens is 1. The summed E-state index contributed by atoms with van der Waals surface area (Å²) in [6, 6.07) is 5.22. The van der Waals surface area contributed by atoms with E-state index in [2.05, 4.69) is 4.98 Å². The smallest absolute Gasteiger partial charge is 0.137 e. The largest absolute Gasteiger partial charge is 0.543 e. The van der Waals surface area contributed by atoms with Crippen molar-refractivity contribution in [2.45, 2.75) is 0 Å². The number of hydrogen-bond donors (Lipinski definition) is 1. The summed E-state index contributed by atoms with van der Waals surface area (Å²) in [5.74, 6) is -0.655. The molecule has 1 heterocycles. The van der Waals surface area contributed by atoms with Crippen LogP contribution in [0.3, 0.4) is 0 Å². The average molecular weight is 327 g/mol. The van der Waals surface area contributed by atoms with Crippen LogP contribution in [0.5, 0.6) is 5.75 Å². The van der Waals surface area contributed by atoms with E-state index in [0.717, 1.165) is 6.54 Å². The number of carbonyl (C=O) groups is 1. The number of nitrogens with zero attached hydrogens (tertiary/aromatic N) is 1. The molecule has 0 amide bonds. The normalized spacial score (nSPS) is 10.9. The number of benzene rings is 1. The standard InChI is InChI=1S/C14H15ClN2O3S/c1-17(2)5-6-20-12-4-3-9(15)7-10(12)13-16-11(8-21-13)14(18)19/h3-4,7-8H,5-6H2,1-2H3,(H,18,19). The third-order valence-electron chi connectivity index (χ3n) is 2.74. The first-order chi connectivity index (χ1) is 9.97. The quantitative estimate of drug-likeness (QED) is 0.832. The monoisotopic (exact) mass is 326 g/mol. The third-order valence-corrected chi connectivity index (χ3v) is 3.86. The molecule has 0 saturated heterocycles. The fourth-order valence-electron chi connectivity index (χ4n) is 1.65. The van der Waals surface area contributed by atoms with Crippen molar-refractivity contribution in [2.24, 2.45) is 0 Å². The van der Waals surface area contributed by atoms with Gasteiger partial charge in [0.2, 0.25) is 0 Å². The molecule has 0 saturated carbocycles. The molecule has 21 heavy (non-hydrogen) atoms. The van der Waals surface area contributed by atoms with Gasteiger partial charge in [0.25, 0.3) is 0 Å². The number of carboxylic acid groups (broad SMARTS) is 1. The van der Waals surface area contributed by atoms with Crippen molar-refractivity contribution in [3.8, 4) is 16.3 Å². The second-order valence-corrected chi connectivity index (χ2v) is 6.07. The topological polar surface area (TPSA) is 66.7 Å². The maximum Gasteiger partial charge on any atom is 0.137 e. The van der Waals surface area contributed by atoms with Crippen LogP contribution in [0.1, 0.15) is 10.5 Å². The van der Waals surface area contributed by atoms with Gasteiger partial charge >= 0.3 is 0 Å². The van der Waals surface area contributed by atoms with E-state index >= 15 is 0 Å². The van der Waals surface area contributed by atoms with Crippen molar-refractivity contribution in [1.29, 1.82) is 0 Å². The Hall–Kier alpha value is -1.63. The Morgan fingerprint density at radius 1 is 1.48 bits per heavy atom. The van der Waals surface area contributed by atoms with E-state index in [4.69, 9.17) is 16.3 Å². The highest BCUT2D eigenvalue weighted by molar-refractivity contribution is 7.13. The minimum absolute atomic E-state index is 0.0846. The Balaban J connectivity index is 2.27. The maximum absolute atomic E-state index is 10.8. The molecule has 112 valence electrons. The molecule has 1 aromatic carbocycles. The van der Waals surface area contributed by atoms with E-state index in [1.54, 1.807) is 18.2 Å². The summed E-state index contributed by atoms with van der Waals surface area (Å²) < 4.78 is 5.75. The van der Waals surface area contributed by atoms with Gasteiger partial charge in [-0.25, -0.2) is 4.98 Å². The van der Waals surface area contributed by atoms with Crippen molar-refractivity contribution in [3.63, 3.8) is 0 Å². The summed E-state index contributed by atoms with van der Waals surface area (Å²) in [5, 5.41) is 13.3. The molecule has 0 aliphatic rings. The van der Waals surface area contributed by atoms with E-state index in [-0.39, 0.29) is 5.69 Å². The molecule has 0 radical (unpaired) electrons. The molecule has 2 aromatic rings. The van der Waals surface area contributed by atoms with E-state index in [0.29, 0.717) is 28.0 Å². The molecule has 2 rings (SSSR count). The van der Waals surface area contributed by atoms with E-state index in [1.807, 2.05) is 14.1 Å². The van der Waals surface area contributed by atoms with E-state index in [1.165, 1.54) is 21.6 Å². The molecule has 1 N–H and O–H groups in total. The lowest BCUT2D eigenvalue weighted by Gasteiger charge is -2.12. The number of likely N-dealkylation sites (N-methyl/N-ethyl adjacent to an activating group) is 1. The highest BCUT2D eigenvalue weighted by atomic mass is 35.5. The van der Waals surface area contributed by atoms with Gasteiger partial charge in [0, 0.05) is 10.4 Å². The second kappa shape index (κ2) is 6.89. The lowest BCUT2D eigenvalue weighted by molar-refractivity contribution is -0.858. The molecule has 5 nitrogen and oxygen atoms in total. The molecule has 7 heteroatoms. The number of rotatable bonds is 6. The molecular formula is C14H15ClN2O3S. The Labute approximate surface area is 131 Å². The first kappa shape index (κ1) is 15.8. The number of nitrogens with one attached hydrogen (secondary N) is 1. The van der Waals surface area contributed by atoms with Crippen LogP contribution in [0.2, 0.25) is 5.02 Å². The second-order valence-electron chi connectivity index (χ2n) is 4.77. The molecule has 0 aliphatic heterocycles. The van der Waals surface area contributed by atoms with Gasteiger partial charge in [0.15, 0.2) is 0 Å². The first-order valence-electron chi connectivity index (χ1n) is 6.36. The van der Waals surface area contributed by atoms with Gasteiger partial charge in [-0.1, -0.05) is 11.6 Å². The predicted octanol–water partition coefficient (Wildman–Crippen LogP) is 0.350. The number of aromatic carboxylic acids is 1. The van der Waals surface area contributed by atoms with Gasteiger partial charge in [-0.3, -0.25) is 0 Å². The lowest BCUT2D eigenvalue weighted by atomic mass is 10.2.